The number of anilines is 1. The summed E-state index contributed by atoms with van der Waals surface area (Å²) in [4.78, 5) is 76.5. The number of nitrogens with one attached hydrogen (secondary N) is 2. The van der Waals surface area contributed by atoms with Gasteiger partial charge in [0.25, 0.3) is 11.8 Å². The maximum Gasteiger partial charge on any atom is 0.298 e. The maximum absolute atomic E-state index is 14.1. The predicted molar refractivity (Wildman–Crippen MR) is 240 cm³/mol. The lowest BCUT2D eigenvalue weighted by Gasteiger charge is -2.43. The molecule has 2 N–H and O–H groups in total. The summed E-state index contributed by atoms with van der Waals surface area (Å²) < 4.78 is 0. The van der Waals surface area contributed by atoms with Gasteiger partial charge in [-0.3, -0.25) is 34.2 Å². The SMILES string of the molecule is CCc1cc2c(cc1N1CCC(N3CCN(C(=O)C#CCCCCCc4cccc5c4CN(C4CCC(=O)NC4=O)C5=O)CC3)CC1)C(C)(C)c1[nH]c3cc(C#N)ccc3c1C2=O. The number of aryl methyl sites for hydroxylation is 2. The monoisotopic (exact) mass is 845 g/mol. The van der Waals surface area contributed by atoms with Crippen molar-refractivity contribution in [3.63, 3.8) is 0 Å². The first-order chi connectivity index (χ1) is 30.5. The van der Waals surface area contributed by atoms with Gasteiger partial charge >= 0.3 is 0 Å². The number of carbonyl (C=O) groups excluding carboxylic acids is 5. The number of hydrogen-bond acceptors (Lipinski definition) is 8. The number of aromatic nitrogens is 1. The first-order valence-electron chi connectivity index (χ1n) is 22.8. The summed E-state index contributed by atoms with van der Waals surface area (Å²) in [7, 11) is 0. The van der Waals surface area contributed by atoms with Crippen molar-refractivity contribution in [3.8, 4) is 17.9 Å². The number of carbonyl (C=O) groups is 5. The van der Waals surface area contributed by atoms with Crippen molar-refractivity contribution in [1.82, 2.24) is 25.0 Å². The number of ketones is 1. The smallest absolute Gasteiger partial charge is 0.298 e. The van der Waals surface area contributed by atoms with Gasteiger partial charge in [-0.25, -0.2) is 0 Å². The van der Waals surface area contributed by atoms with E-state index in [2.05, 4.69) is 77.0 Å². The molecule has 0 spiro atoms. The standard InChI is InChI=1S/C51H55N7O5/c1-4-33-28-38-40(51(2,3)48-46(47(38)61)37-16-15-32(30-52)27-41(37)53-48)29-43(33)56-21-19-35(20-22-56)55-23-25-57(26-24-55)45(60)14-9-7-5-6-8-11-34-12-10-13-36-39(34)31-58(50(36)63)42-17-18-44(59)54-49(42)62/h10,12-13,15-16,27-29,35,42,53H,4-8,11,17-26,31H2,1-3H3,(H,54,59,62). The minimum absolute atomic E-state index is 0.0435. The molecule has 4 aromatic rings. The second-order valence-electron chi connectivity index (χ2n) is 18.3. The lowest BCUT2D eigenvalue weighted by molar-refractivity contribution is -0.137. The van der Waals surface area contributed by atoms with Crippen LogP contribution in [0.1, 0.15) is 132 Å². The number of unbranched alkanes of at least 4 members (excludes halogenated alkanes) is 3. The number of imide groups is 1. The highest BCUT2D eigenvalue weighted by Crippen LogP contribution is 2.46. The first-order valence-corrected chi connectivity index (χ1v) is 22.8. The molecule has 324 valence electrons. The van der Waals surface area contributed by atoms with E-state index < -0.39 is 17.4 Å². The van der Waals surface area contributed by atoms with Gasteiger partial charge in [-0.05, 0) is 103 Å². The Bertz CT molecular complexity index is 2640. The molecule has 5 heterocycles. The predicted octanol–water partition coefficient (Wildman–Crippen LogP) is 6.15. The Kier molecular flexibility index (Phi) is 11.5. The largest absolute Gasteiger partial charge is 0.371 e. The fourth-order valence-electron chi connectivity index (χ4n) is 10.7. The van der Waals surface area contributed by atoms with Gasteiger partial charge in [0.1, 0.15) is 6.04 Å². The molecule has 1 unspecified atom stereocenters. The fourth-order valence-corrected chi connectivity index (χ4v) is 10.7. The molecule has 1 atom stereocenters. The summed E-state index contributed by atoms with van der Waals surface area (Å²) in [5, 5.41) is 12.7. The molecule has 3 aromatic carbocycles. The van der Waals surface area contributed by atoms with E-state index in [0.29, 0.717) is 49.6 Å². The van der Waals surface area contributed by atoms with Crippen LogP contribution in [0.4, 0.5) is 5.69 Å². The Morgan fingerprint density at radius 3 is 2.43 bits per heavy atom. The van der Waals surface area contributed by atoms with Gasteiger partial charge in [0.05, 0.1) is 17.2 Å². The second kappa shape index (κ2) is 17.1. The van der Waals surface area contributed by atoms with Crippen LogP contribution >= 0.6 is 0 Å². The van der Waals surface area contributed by atoms with Crippen molar-refractivity contribution in [2.75, 3.05) is 44.2 Å². The fraction of sp³-hybridized carbons (Fsp3) is 0.451. The number of nitrogens with zero attached hydrogens (tertiary/aromatic N) is 5. The van der Waals surface area contributed by atoms with E-state index in [0.717, 1.165) is 116 Å². The number of aromatic amines is 1. The van der Waals surface area contributed by atoms with Crippen molar-refractivity contribution >= 4 is 46.0 Å². The lowest BCUT2D eigenvalue weighted by atomic mass is 9.70. The number of benzene rings is 3. The van der Waals surface area contributed by atoms with E-state index in [1.54, 1.807) is 11.0 Å². The second-order valence-corrected chi connectivity index (χ2v) is 18.3. The molecule has 3 saturated heterocycles. The minimum atomic E-state index is -0.615. The van der Waals surface area contributed by atoms with Crippen molar-refractivity contribution in [2.45, 2.75) is 109 Å². The van der Waals surface area contributed by atoms with Crippen molar-refractivity contribution in [1.29, 1.82) is 5.26 Å². The molecule has 63 heavy (non-hydrogen) atoms. The molecule has 0 saturated carbocycles. The topological polar surface area (TPSA) is 150 Å². The van der Waals surface area contributed by atoms with Gasteiger partial charge < -0.3 is 19.7 Å². The zero-order valence-corrected chi connectivity index (χ0v) is 36.6. The van der Waals surface area contributed by atoms with E-state index in [1.165, 1.54) is 11.3 Å². The lowest BCUT2D eigenvalue weighted by Crippen LogP contribution is -2.54. The average molecular weight is 846 g/mol. The van der Waals surface area contributed by atoms with Crippen LogP contribution < -0.4 is 10.2 Å². The molecule has 4 aliphatic heterocycles. The Morgan fingerprint density at radius 2 is 1.68 bits per heavy atom. The van der Waals surface area contributed by atoms with Crippen LogP contribution in [-0.4, -0.2) is 100 Å². The highest BCUT2D eigenvalue weighted by Gasteiger charge is 2.42. The third-order valence-electron chi connectivity index (χ3n) is 14.3. The molecule has 1 aliphatic carbocycles. The number of rotatable bonds is 9. The summed E-state index contributed by atoms with van der Waals surface area (Å²) >= 11 is 0. The molecule has 0 radical (unpaired) electrons. The summed E-state index contributed by atoms with van der Waals surface area (Å²) in [6.45, 7) is 11.8. The molecule has 9 rings (SSSR count). The number of hydrogen-bond donors (Lipinski definition) is 2. The Morgan fingerprint density at radius 1 is 0.889 bits per heavy atom. The Labute approximate surface area is 369 Å². The number of nitriles is 1. The van der Waals surface area contributed by atoms with Crippen molar-refractivity contribution in [2.24, 2.45) is 0 Å². The van der Waals surface area contributed by atoms with Crippen LogP contribution in [0.5, 0.6) is 0 Å². The number of amides is 4. The van der Waals surface area contributed by atoms with Gasteiger partial charge in [-0.1, -0.05) is 51.3 Å². The van der Waals surface area contributed by atoms with E-state index in [9.17, 15) is 29.2 Å². The zero-order valence-electron chi connectivity index (χ0n) is 36.6. The highest BCUT2D eigenvalue weighted by atomic mass is 16.2. The normalized spacial score (nSPS) is 19.9. The van der Waals surface area contributed by atoms with Gasteiger partial charge in [0.15, 0.2) is 5.78 Å². The first kappa shape index (κ1) is 42.1. The van der Waals surface area contributed by atoms with E-state index in [4.69, 9.17) is 0 Å². The van der Waals surface area contributed by atoms with Gasteiger partial charge in [-0.2, -0.15) is 5.26 Å². The number of piperidine rings is 2. The molecule has 4 amide bonds. The van der Waals surface area contributed by atoms with E-state index >= 15 is 0 Å². The number of fused-ring (bicyclic) bond motifs is 5. The van der Waals surface area contributed by atoms with Crippen molar-refractivity contribution < 1.29 is 24.0 Å². The maximum atomic E-state index is 14.1. The molecule has 5 aliphatic rings. The molecular formula is C51H55N7O5. The van der Waals surface area contributed by atoms with E-state index in [1.807, 2.05) is 29.2 Å². The van der Waals surface area contributed by atoms with Crippen LogP contribution in [0, 0.1) is 23.2 Å². The van der Waals surface area contributed by atoms with Gasteiger partial charge in [-0.15, -0.1) is 0 Å². The minimum Gasteiger partial charge on any atom is -0.371 e. The van der Waals surface area contributed by atoms with Crippen LogP contribution in [-0.2, 0) is 39.2 Å². The molecule has 0 bridgehead atoms. The van der Waals surface area contributed by atoms with Crippen LogP contribution in [0.15, 0.2) is 48.5 Å². The Hall–Kier alpha value is -6.24. The van der Waals surface area contributed by atoms with Crippen LogP contribution in [0.25, 0.3) is 10.9 Å². The molecule has 1 aromatic heterocycles. The van der Waals surface area contributed by atoms with E-state index in [-0.39, 0.29) is 29.9 Å². The van der Waals surface area contributed by atoms with Crippen LogP contribution in [0.2, 0.25) is 0 Å². The molecule has 12 nitrogen and oxygen atoms in total. The summed E-state index contributed by atoms with van der Waals surface area (Å²) in [6.07, 6.45) is 7.76. The molecule has 3 fully saturated rings. The summed E-state index contributed by atoms with van der Waals surface area (Å²) in [5.41, 5.74) is 9.56. The molecule has 12 heteroatoms. The van der Waals surface area contributed by atoms with Crippen LogP contribution in [0.3, 0.4) is 0 Å². The van der Waals surface area contributed by atoms with Crippen molar-refractivity contribution in [3.05, 3.63) is 98.7 Å². The molecular weight excluding hydrogens is 791 g/mol. The quantitative estimate of drug-likeness (QED) is 0.116. The van der Waals surface area contributed by atoms with Gasteiger partial charge in [0, 0.05) is 104 Å². The number of piperazine rings is 1. The average Bonchev–Trinajstić information content (AvgIpc) is 3.86. The van der Waals surface area contributed by atoms with Gasteiger partial charge in [0.2, 0.25) is 11.8 Å². The Balaban J connectivity index is 0.731. The summed E-state index contributed by atoms with van der Waals surface area (Å²) in [5.74, 6) is 5.13. The highest BCUT2D eigenvalue weighted by molar-refractivity contribution is 6.20. The third-order valence-corrected chi connectivity index (χ3v) is 14.3. The third kappa shape index (κ3) is 7.80. The zero-order chi connectivity index (χ0) is 44.0. The number of H-pyrrole nitrogens is 1. The summed E-state index contributed by atoms with van der Waals surface area (Å²) in [6, 6.07) is 17.8.